The summed E-state index contributed by atoms with van der Waals surface area (Å²) in [4.78, 5) is 29.5. The van der Waals surface area contributed by atoms with Gasteiger partial charge in [-0.1, -0.05) is 44.2 Å². The number of carbonyl (C=O) groups excluding carboxylic acids is 1. The number of hydrogen-bond acceptors (Lipinski definition) is 4. The van der Waals surface area contributed by atoms with E-state index < -0.39 is 5.97 Å². The van der Waals surface area contributed by atoms with Gasteiger partial charge in [0.25, 0.3) is 0 Å². The van der Waals surface area contributed by atoms with Gasteiger partial charge in [-0.15, -0.1) is 0 Å². The normalized spacial score (nSPS) is 16.7. The Hall–Kier alpha value is -2.83. The Balaban J connectivity index is 1.82. The van der Waals surface area contributed by atoms with E-state index in [2.05, 4.69) is 19.2 Å². The average molecular weight is 371 g/mol. The van der Waals surface area contributed by atoms with Gasteiger partial charge in [-0.25, -0.2) is 9.78 Å². The van der Waals surface area contributed by atoms with Crippen molar-refractivity contribution in [2.75, 3.05) is 13.1 Å². The lowest BCUT2D eigenvalue weighted by atomic mass is 10.0. The van der Waals surface area contributed by atoms with Crippen LogP contribution in [0.3, 0.4) is 0 Å². The number of rotatable bonds is 6. The van der Waals surface area contributed by atoms with Gasteiger partial charge in [-0.05, 0) is 12.8 Å². The quantitative estimate of drug-likeness (QED) is 0.805. The van der Waals surface area contributed by atoms with Crippen molar-refractivity contribution in [2.24, 2.45) is 0 Å². The van der Waals surface area contributed by atoms with Crippen LogP contribution in [0.4, 0.5) is 4.79 Å². The molecule has 144 valence electrons. The zero-order valence-corrected chi connectivity index (χ0v) is 15.6. The third-order valence-electron chi connectivity index (χ3n) is 4.66. The van der Waals surface area contributed by atoms with Crippen molar-refractivity contribution in [1.82, 2.24) is 15.2 Å². The highest BCUT2D eigenvalue weighted by Gasteiger charge is 2.34. The van der Waals surface area contributed by atoms with E-state index in [4.69, 9.17) is 14.5 Å². The summed E-state index contributed by atoms with van der Waals surface area (Å²) in [5.74, 6) is 0.591. The monoisotopic (exact) mass is 371 g/mol. The number of carboxylic acid groups (broad SMARTS) is 1. The maximum atomic E-state index is 12.5. The number of hydrogen-bond donors (Lipinski definition) is 2. The molecule has 2 N–H and O–H groups in total. The Bertz CT molecular complexity index is 801. The minimum absolute atomic E-state index is 0.0983. The molecule has 2 heterocycles. The SMILES string of the molecule is CC(C)c1oc(C2CCCN2C(=O)NCCC(=O)O)nc1-c1ccccc1. The van der Waals surface area contributed by atoms with Gasteiger partial charge in [-0.3, -0.25) is 4.79 Å². The van der Waals surface area contributed by atoms with Gasteiger partial charge in [0.05, 0.1) is 6.42 Å². The summed E-state index contributed by atoms with van der Waals surface area (Å²) in [5.41, 5.74) is 1.81. The van der Waals surface area contributed by atoms with E-state index in [0.717, 1.165) is 29.9 Å². The summed E-state index contributed by atoms with van der Waals surface area (Å²) >= 11 is 0. The maximum absolute atomic E-state index is 12.5. The largest absolute Gasteiger partial charge is 0.481 e. The molecule has 2 amide bonds. The van der Waals surface area contributed by atoms with Gasteiger partial charge in [0.1, 0.15) is 17.5 Å². The Kier molecular flexibility index (Phi) is 5.78. The molecule has 0 radical (unpaired) electrons. The van der Waals surface area contributed by atoms with Crippen LogP contribution in [-0.2, 0) is 4.79 Å². The van der Waals surface area contributed by atoms with Gasteiger partial charge >= 0.3 is 12.0 Å². The van der Waals surface area contributed by atoms with Gasteiger partial charge in [0.15, 0.2) is 0 Å². The van der Waals surface area contributed by atoms with Crippen LogP contribution in [0.25, 0.3) is 11.3 Å². The molecular formula is C20H25N3O4. The highest BCUT2D eigenvalue weighted by molar-refractivity contribution is 5.76. The lowest BCUT2D eigenvalue weighted by molar-refractivity contribution is -0.136. The number of carbonyl (C=O) groups is 2. The lowest BCUT2D eigenvalue weighted by Crippen LogP contribution is -2.40. The molecule has 1 aliphatic heterocycles. The number of amides is 2. The van der Waals surface area contributed by atoms with Crippen molar-refractivity contribution in [1.29, 1.82) is 0 Å². The summed E-state index contributed by atoms with van der Waals surface area (Å²) < 4.78 is 6.11. The minimum atomic E-state index is -0.935. The van der Waals surface area contributed by atoms with E-state index in [1.165, 1.54) is 0 Å². The predicted octanol–water partition coefficient (Wildman–Crippen LogP) is 3.79. The molecule has 1 unspecified atom stereocenters. The number of likely N-dealkylation sites (tertiary alicyclic amines) is 1. The number of oxazole rings is 1. The van der Waals surface area contributed by atoms with Gasteiger partial charge in [0.2, 0.25) is 5.89 Å². The van der Waals surface area contributed by atoms with E-state index in [9.17, 15) is 9.59 Å². The highest BCUT2D eigenvalue weighted by atomic mass is 16.4. The number of benzene rings is 1. The first-order valence-electron chi connectivity index (χ1n) is 9.29. The van der Waals surface area contributed by atoms with Crippen LogP contribution in [0, 0.1) is 0 Å². The maximum Gasteiger partial charge on any atom is 0.318 e. The summed E-state index contributed by atoms with van der Waals surface area (Å²) in [6.45, 7) is 4.82. The molecule has 1 aromatic heterocycles. The molecule has 0 bridgehead atoms. The fourth-order valence-electron chi connectivity index (χ4n) is 3.33. The third-order valence-corrected chi connectivity index (χ3v) is 4.66. The molecule has 2 aromatic rings. The molecule has 1 aromatic carbocycles. The number of nitrogens with one attached hydrogen (secondary N) is 1. The van der Waals surface area contributed by atoms with Crippen LogP contribution >= 0.6 is 0 Å². The second kappa shape index (κ2) is 8.24. The van der Waals surface area contributed by atoms with E-state index in [-0.39, 0.29) is 31.0 Å². The molecule has 1 saturated heterocycles. The average Bonchev–Trinajstić information content (AvgIpc) is 3.29. The van der Waals surface area contributed by atoms with Gasteiger partial charge < -0.3 is 19.7 Å². The Morgan fingerprint density at radius 2 is 2.07 bits per heavy atom. The third kappa shape index (κ3) is 4.30. The summed E-state index contributed by atoms with van der Waals surface area (Å²) in [7, 11) is 0. The molecule has 1 atom stereocenters. The number of nitrogens with zero attached hydrogens (tertiary/aromatic N) is 2. The van der Waals surface area contributed by atoms with Crippen molar-refractivity contribution in [2.45, 2.75) is 45.1 Å². The van der Waals surface area contributed by atoms with E-state index in [1.54, 1.807) is 4.90 Å². The molecule has 3 rings (SSSR count). The van der Waals surface area contributed by atoms with Crippen LogP contribution in [0.2, 0.25) is 0 Å². The van der Waals surface area contributed by atoms with Crippen LogP contribution in [-0.4, -0.2) is 40.1 Å². The zero-order valence-electron chi connectivity index (χ0n) is 15.6. The van der Waals surface area contributed by atoms with Gasteiger partial charge in [-0.2, -0.15) is 0 Å². The standard InChI is InChI=1S/C20H25N3O4/c1-13(2)18-17(14-7-4-3-5-8-14)22-19(27-18)15-9-6-12-23(15)20(26)21-11-10-16(24)25/h3-5,7-8,13,15H,6,9-12H2,1-2H3,(H,21,26)(H,24,25). The number of urea groups is 1. The van der Waals surface area contributed by atoms with Crippen LogP contribution in [0.15, 0.2) is 34.7 Å². The fourth-order valence-corrected chi connectivity index (χ4v) is 3.33. The first-order chi connectivity index (χ1) is 13.0. The summed E-state index contributed by atoms with van der Waals surface area (Å²) in [6.07, 6.45) is 1.54. The summed E-state index contributed by atoms with van der Waals surface area (Å²) in [6, 6.07) is 9.38. The Morgan fingerprint density at radius 1 is 1.33 bits per heavy atom. The topological polar surface area (TPSA) is 95.7 Å². The first kappa shape index (κ1) is 18.9. The van der Waals surface area contributed by atoms with E-state index in [1.807, 2.05) is 30.3 Å². The fraction of sp³-hybridized carbons (Fsp3) is 0.450. The number of carboxylic acids is 1. The van der Waals surface area contributed by atoms with Crippen LogP contribution in [0.5, 0.6) is 0 Å². The predicted molar refractivity (Wildman–Crippen MR) is 100 cm³/mol. The number of aromatic nitrogens is 1. The Morgan fingerprint density at radius 3 is 2.74 bits per heavy atom. The molecule has 7 heteroatoms. The lowest BCUT2D eigenvalue weighted by Gasteiger charge is -2.22. The van der Waals surface area contributed by atoms with E-state index >= 15 is 0 Å². The molecular weight excluding hydrogens is 346 g/mol. The molecule has 27 heavy (non-hydrogen) atoms. The molecule has 1 fully saturated rings. The second-order valence-corrected chi connectivity index (χ2v) is 7.01. The molecule has 0 spiro atoms. The van der Waals surface area contributed by atoms with E-state index in [0.29, 0.717) is 12.4 Å². The second-order valence-electron chi connectivity index (χ2n) is 7.01. The van der Waals surface area contributed by atoms with Gasteiger partial charge in [0, 0.05) is 24.6 Å². The van der Waals surface area contributed by atoms with Crippen molar-refractivity contribution in [3.05, 3.63) is 42.0 Å². The van der Waals surface area contributed by atoms with Crippen LogP contribution in [0.1, 0.15) is 56.7 Å². The van der Waals surface area contributed by atoms with Crippen molar-refractivity contribution in [3.63, 3.8) is 0 Å². The molecule has 0 saturated carbocycles. The highest BCUT2D eigenvalue weighted by Crippen LogP contribution is 2.37. The molecule has 7 nitrogen and oxygen atoms in total. The summed E-state index contributed by atoms with van der Waals surface area (Å²) in [5, 5.41) is 11.4. The van der Waals surface area contributed by atoms with Crippen molar-refractivity contribution in [3.8, 4) is 11.3 Å². The van der Waals surface area contributed by atoms with Crippen molar-refractivity contribution < 1.29 is 19.1 Å². The molecule has 1 aliphatic rings. The number of aliphatic carboxylic acids is 1. The molecule has 0 aliphatic carbocycles. The van der Waals surface area contributed by atoms with Crippen LogP contribution < -0.4 is 5.32 Å². The first-order valence-corrected chi connectivity index (χ1v) is 9.29. The Labute approximate surface area is 158 Å². The zero-order chi connectivity index (χ0) is 19.4. The smallest absolute Gasteiger partial charge is 0.318 e. The minimum Gasteiger partial charge on any atom is -0.481 e. The van der Waals surface area contributed by atoms with Crippen molar-refractivity contribution >= 4 is 12.0 Å².